The second-order valence-corrected chi connectivity index (χ2v) is 4.41. The van der Waals surface area contributed by atoms with E-state index >= 15 is 0 Å². The molecule has 0 aliphatic rings. The molecule has 0 amide bonds. The van der Waals surface area contributed by atoms with Crippen molar-refractivity contribution in [3.8, 4) is 10.7 Å². The van der Waals surface area contributed by atoms with Crippen LogP contribution in [0.4, 0.5) is 0 Å². The Morgan fingerprint density at radius 1 is 1.20 bits per heavy atom. The maximum atomic E-state index is 3.21. The van der Waals surface area contributed by atoms with Crippen LogP contribution in [-0.4, -0.2) is 15.0 Å². The van der Waals surface area contributed by atoms with E-state index in [1.165, 1.54) is 24.6 Å². The van der Waals surface area contributed by atoms with Gasteiger partial charge in [-0.05, 0) is 0 Å². The molecule has 0 atom stereocenters. The molecule has 0 saturated carbocycles. The third kappa shape index (κ3) is 8.08. The SMILES string of the molecule is CCCCCC#C[Se]CC. The first-order valence-electron chi connectivity index (χ1n) is 4.01. The standard InChI is InChI=1S/C9H16Se/c1-3-5-6-7-8-9-10-4-2/h3-7H2,1-2H3. The summed E-state index contributed by atoms with van der Waals surface area (Å²) in [5.74, 6) is 3.20. The third-order valence-corrected chi connectivity index (χ3v) is 2.41. The van der Waals surface area contributed by atoms with Crippen LogP contribution in [0.2, 0.25) is 5.32 Å². The van der Waals surface area contributed by atoms with Crippen LogP contribution < -0.4 is 0 Å². The van der Waals surface area contributed by atoms with Crippen LogP contribution in [0.5, 0.6) is 0 Å². The van der Waals surface area contributed by atoms with Crippen LogP contribution >= 0.6 is 0 Å². The summed E-state index contributed by atoms with van der Waals surface area (Å²) >= 11 is 0.603. The summed E-state index contributed by atoms with van der Waals surface area (Å²) in [5, 5.41) is 1.26. The molecule has 0 aromatic carbocycles. The van der Waals surface area contributed by atoms with Gasteiger partial charge in [0.15, 0.2) is 0 Å². The summed E-state index contributed by atoms with van der Waals surface area (Å²) in [6, 6.07) is 0. The molecule has 0 fully saturated rings. The average molecular weight is 203 g/mol. The molecule has 0 radical (unpaired) electrons. The van der Waals surface area contributed by atoms with Crippen molar-refractivity contribution in [3.63, 3.8) is 0 Å². The first-order valence-corrected chi connectivity index (χ1v) is 6.08. The van der Waals surface area contributed by atoms with Gasteiger partial charge in [0.1, 0.15) is 0 Å². The second-order valence-electron chi connectivity index (χ2n) is 2.17. The summed E-state index contributed by atoms with van der Waals surface area (Å²) < 4.78 is 0. The van der Waals surface area contributed by atoms with Crippen molar-refractivity contribution in [2.75, 3.05) is 0 Å². The fourth-order valence-electron chi connectivity index (χ4n) is 0.638. The second kappa shape index (κ2) is 9.08. The van der Waals surface area contributed by atoms with Crippen LogP contribution in [0.15, 0.2) is 0 Å². The predicted octanol–water partition coefficient (Wildman–Crippen LogP) is 2.67. The van der Waals surface area contributed by atoms with Gasteiger partial charge >= 0.3 is 70.5 Å². The van der Waals surface area contributed by atoms with Gasteiger partial charge in [-0.15, -0.1) is 0 Å². The molecule has 0 bridgehead atoms. The van der Waals surface area contributed by atoms with Gasteiger partial charge in [0, 0.05) is 0 Å². The van der Waals surface area contributed by atoms with Crippen LogP contribution in [0, 0.1) is 10.7 Å². The molecule has 0 unspecified atom stereocenters. The maximum absolute atomic E-state index is 3.21. The normalized spacial score (nSPS) is 8.60. The van der Waals surface area contributed by atoms with E-state index in [9.17, 15) is 0 Å². The minimum atomic E-state index is 0.603. The molecule has 58 valence electrons. The number of hydrogen-bond acceptors (Lipinski definition) is 0. The van der Waals surface area contributed by atoms with Crippen molar-refractivity contribution in [2.24, 2.45) is 0 Å². The predicted molar refractivity (Wildman–Crippen MR) is 48.2 cm³/mol. The van der Waals surface area contributed by atoms with Gasteiger partial charge in [-0.3, -0.25) is 0 Å². The fraction of sp³-hybridized carbons (Fsp3) is 0.778. The monoisotopic (exact) mass is 204 g/mol. The average Bonchev–Trinajstić information content (AvgIpc) is 1.97. The van der Waals surface area contributed by atoms with Crippen LogP contribution in [0.1, 0.15) is 39.5 Å². The van der Waals surface area contributed by atoms with Crippen molar-refractivity contribution in [2.45, 2.75) is 44.9 Å². The van der Waals surface area contributed by atoms with Gasteiger partial charge in [0.25, 0.3) is 0 Å². The molecule has 0 saturated heterocycles. The number of hydrogen-bond donors (Lipinski definition) is 0. The Morgan fingerprint density at radius 3 is 2.60 bits per heavy atom. The molecule has 0 aliphatic heterocycles. The molecule has 0 heterocycles. The molecule has 1 heteroatoms. The van der Waals surface area contributed by atoms with Crippen LogP contribution in [0.3, 0.4) is 0 Å². The molecular formula is C9H16Se. The van der Waals surface area contributed by atoms with Gasteiger partial charge in [-0.25, -0.2) is 0 Å². The summed E-state index contributed by atoms with van der Waals surface area (Å²) in [4.78, 5) is 3.21. The fourth-order valence-corrected chi connectivity index (χ4v) is 1.37. The van der Waals surface area contributed by atoms with E-state index in [1.807, 2.05) is 0 Å². The molecule has 0 aliphatic carbocycles. The van der Waals surface area contributed by atoms with Gasteiger partial charge in [0.05, 0.1) is 0 Å². The third-order valence-electron chi connectivity index (χ3n) is 1.19. The van der Waals surface area contributed by atoms with Gasteiger partial charge < -0.3 is 0 Å². The summed E-state index contributed by atoms with van der Waals surface area (Å²) in [5.41, 5.74) is 0. The van der Waals surface area contributed by atoms with E-state index in [0.29, 0.717) is 15.0 Å². The quantitative estimate of drug-likeness (QED) is 0.374. The molecule has 0 aromatic rings. The van der Waals surface area contributed by atoms with Gasteiger partial charge in [0.2, 0.25) is 0 Å². The molecule has 0 aromatic heterocycles. The molecule has 0 N–H and O–H groups in total. The zero-order valence-corrected chi connectivity index (χ0v) is 8.66. The van der Waals surface area contributed by atoms with Crippen molar-refractivity contribution in [1.82, 2.24) is 0 Å². The molecular weight excluding hydrogens is 187 g/mol. The van der Waals surface area contributed by atoms with Crippen molar-refractivity contribution < 1.29 is 0 Å². The van der Waals surface area contributed by atoms with Crippen molar-refractivity contribution in [1.29, 1.82) is 0 Å². The van der Waals surface area contributed by atoms with Crippen molar-refractivity contribution in [3.05, 3.63) is 0 Å². The van der Waals surface area contributed by atoms with Crippen LogP contribution in [0.25, 0.3) is 0 Å². The summed E-state index contributed by atoms with van der Waals surface area (Å²) in [6.45, 7) is 4.42. The Hall–Kier alpha value is 0.0795. The van der Waals surface area contributed by atoms with E-state index in [4.69, 9.17) is 0 Å². The molecule has 10 heavy (non-hydrogen) atoms. The number of unbranched alkanes of at least 4 members (excludes halogenated alkanes) is 3. The summed E-state index contributed by atoms with van der Waals surface area (Å²) in [6.07, 6.45) is 5.06. The topological polar surface area (TPSA) is 0 Å². The van der Waals surface area contributed by atoms with Gasteiger partial charge in [-0.1, -0.05) is 0 Å². The van der Waals surface area contributed by atoms with E-state index in [0.717, 1.165) is 6.42 Å². The molecule has 0 spiro atoms. The van der Waals surface area contributed by atoms with E-state index in [-0.39, 0.29) is 0 Å². The Morgan fingerprint density at radius 2 is 2.00 bits per heavy atom. The Labute approximate surface area is 70.9 Å². The Balaban J connectivity index is 2.96. The Kier molecular flexibility index (Phi) is 9.15. The zero-order valence-electron chi connectivity index (χ0n) is 6.94. The molecule has 0 nitrogen and oxygen atoms in total. The molecule has 0 rings (SSSR count). The van der Waals surface area contributed by atoms with E-state index < -0.39 is 0 Å². The van der Waals surface area contributed by atoms with Crippen molar-refractivity contribution >= 4 is 15.0 Å². The van der Waals surface area contributed by atoms with E-state index in [1.54, 1.807) is 0 Å². The zero-order chi connectivity index (χ0) is 7.66. The van der Waals surface area contributed by atoms with Crippen LogP contribution in [-0.2, 0) is 0 Å². The number of rotatable bonds is 4. The first-order chi connectivity index (χ1) is 4.91. The summed E-state index contributed by atoms with van der Waals surface area (Å²) in [7, 11) is 0. The minimum absolute atomic E-state index is 0.603. The van der Waals surface area contributed by atoms with E-state index in [2.05, 4.69) is 24.6 Å². The Bertz CT molecular complexity index is 108. The van der Waals surface area contributed by atoms with Gasteiger partial charge in [-0.2, -0.15) is 0 Å². The first kappa shape index (κ1) is 10.1.